The minimum atomic E-state index is -3.76. The Balaban J connectivity index is 0.000000433. The molecule has 0 aromatic heterocycles. The minimum Gasteiger partial charge on any atom is -0.396 e. The summed E-state index contributed by atoms with van der Waals surface area (Å²) in [4.78, 5) is 0. The molecule has 0 heterocycles. The molecule has 3 saturated carbocycles. The Morgan fingerprint density at radius 2 is 0.783 bits per heavy atom. The lowest BCUT2D eigenvalue weighted by Gasteiger charge is -2.44. The fraction of sp³-hybridized carbons (Fsp3) is 1.00. The summed E-state index contributed by atoms with van der Waals surface area (Å²) in [6.45, 7) is 0. The summed E-state index contributed by atoms with van der Waals surface area (Å²) in [5, 5.41) is 0. The van der Waals surface area contributed by atoms with Gasteiger partial charge in [-0.2, -0.15) is 0 Å². The average Bonchev–Trinajstić information content (AvgIpc) is 2.58. The van der Waals surface area contributed by atoms with Crippen molar-refractivity contribution in [3.63, 3.8) is 0 Å². The molecule has 0 unspecified atom stereocenters. The monoisotopic (exact) mass is 456 g/mol. The van der Waals surface area contributed by atoms with E-state index in [0.717, 1.165) is 0 Å². The van der Waals surface area contributed by atoms with Crippen molar-refractivity contribution in [3.05, 3.63) is 0 Å². The van der Waals surface area contributed by atoms with Crippen LogP contribution in [0.25, 0.3) is 0 Å². The van der Waals surface area contributed by atoms with Crippen molar-refractivity contribution in [1.29, 1.82) is 0 Å². The van der Waals surface area contributed by atoms with Gasteiger partial charge in [0.1, 0.15) is 0 Å². The molecule has 136 valence electrons. The largest absolute Gasteiger partial charge is 0.503 e. The van der Waals surface area contributed by atoms with Crippen LogP contribution in [-0.2, 0) is 0 Å². The SMILES string of the molecule is C1CCC(P(C2CCCCC2)C2CCCCC2)CC1.[O-][I+2]([O-])O. The molecular formula is C18H34IO3P. The second-order valence-corrected chi connectivity index (χ2v) is 11.8. The third-order valence-electron chi connectivity index (χ3n) is 5.99. The highest BCUT2D eigenvalue weighted by Crippen LogP contribution is 2.61. The smallest absolute Gasteiger partial charge is 0.396 e. The molecule has 23 heavy (non-hydrogen) atoms. The normalized spacial score (nSPS) is 25.4. The van der Waals surface area contributed by atoms with Crippen molar-refractivity contribution in [2.45, 2.75) is 113 Å². The standard InChI is InChI=1S/C18H33P.HIO3/c1-4-10-16(11-5-1)19(17-12-6-2-7-13-17)18-14-8-3-9-15-18;2-1(3)4/h16-18H,1-15H2;2H. The van der Waals surface area contributed by atoms with Crippen LogP contribution in [0.2, 0.25) is 0 Å². The number of rotatable bonds is 3. The van der Waals surface area contributed by atoms with E-state index in [9.17, 15) is 0 Å². The Bertz CT molecular complexity index is 253. The van der Waals surface area contributed by atoms with Gasteiger partial charge in [-0.25, -0.2) is 0 Å². The minimum absolute atomic E-state index is 0.385. The van der Waals surface area contributed by atoms with Gasteiger partial charge in [-0.05, 0) is 58.9 Å². The molecule has 3 aliphatic carbocycles. The van der Waals surface area contributed by atoms with Crippen LogP contribution in [0.15, 0.2) is 0 Å². The van der Waals surface area contributed by atoms with Crippen LogP contribution in [0.4, 0.5) is 0 Å². The first-order valence-corrected chi connectivity index (χ1v) is 14.0. The van der Waals surface area contributed by atoms with Gasteiger partial charge in [0, 0.05) is 0 Å². The predicted molar refractivity (Wildman–Crippen MR) is 89.8 cm³/mol. The van der Waals surface area contributed by atoms with E-state index in [0.29, 0.717) is 7.92 Å². The van der Waals surface area contributed by atoms with Crippen LogP contribution >= 0.6 is 7.92 Å². The molecule has 0 aromatic carbocycles. The van der Waals surface area contributed by atoms with Crippen molar-refractivity contribution in [2.24, 2.45) is 0 Å². The first-order chi connectivity index (χ1) is 11.2. The molecule has 3 nitrogen and oxygen atoms in total. The zero-order chi connectivity index (χ0) is 16.5. The summed E-state index contributed by atoms with van der Waals surface area (Å²) < 4.78 is 24.5. The van der Waals surface area contributed by atoms with E-state index in [1.807, 2.05) is 0 Å². The Kier molecular flexibility index (Phi) is 10.3. The highest BCUT2D eigenvalue weighted by atomic mass is 127. The summed E-state index contributed by atoms with van der Waals surface area (Å²) in [5.74, 6) is 0. The molecule has 0 aliphatic heterocycles. The third kappa shape index (κ3) is 7.43. The summed E-state index contributed by atoms with van der Waals surface area (Å²) in [6.07, 6.45) is 23.6. The number of halogens is 1. The molecule has 3 fully saturated rings. The average molecular weight is 456 g/mol. The van der Waals surface area contributed by atoms with Crippen molar-refractivity contribution in [2.75, 3.05) is 0 Å². The first-order valence-electron chi connectivity index (χ1n) is 9.70. The molecule has 3 rings (SSSR count). The van der Waals surface area contributed by atoms with Crippen molar-refractivity contribution >= 4 is 7.92 Å². The van der Waals surface area contributed by atoms with Crippen molar-refractivity contribution in [3.8, 4) is 0 Å². The summed E-state index contributed by atoms with van der Waals surface area (Å²) in [7, 11) is 0.385. The lowest BCUT2D eigenvalue weighted by Crippen LogP contribution is -3.98. The van der Waals surface area contributed by atoms with Crippen LogP contribution in [0.5, 0.6) is 0 Å². The fourth-order valence-electron chi connectivity index (χ4n) is 5.03. The Labute approximate surface area is 152 Å². The van der Waals surface area contributed by atoms with Crippen molar-refractivity contribution in [1.82, 2.24) is 0 Å². The van der Waals surface area contributed by atoms with Gasteiger partial charge < -0.3 is 6.87 Å². The van der Waals surface area contributed by atoms with Gasteiger partial charge in [-0.1, -0.05) is 65.7 Å². The fourth-order valence-corrected chi connectivity index (χ4v) is 9.71. The van der Waals surface area contributed by atoms with E-state index in [2.05, 4.69) is 0 Å². The number of hydrogen-bond acceptors (Lipinski definition) is 3. The van der Waals surface area contributed by atoms with Gasteiger partial charge in [0.15, 0.2) is 0 Å². The molecular weight excluding hydrogens is 422 g/mol. The third-order valence-corrected chi connectivity index (χ3v) is 10.1. The first kappa shape index (κ1) is 20.4. The van der Waals surface area contributed by atoms with Crippen LogP contribution in [0, 0.1) is 0 Å². The molecule has 3 aliphatic rings. The van der Waals surface area contributed by atoms with Crippen LogP contribution in [0.1, 0.15) is 96.3 Å². The zero-order valence-corrected chi connectivity index (χ0v) is 17.5. The topological polar surface area (TPSA) is 66.3 Å². The lowest BCUT2D eigenvalue weighted by molar-refractivity contribution is -1.63. The maximum atomic E-state index is 8.68. The zero-order valence-electron chi connectivity index (χ0n) is 14.4. The molecule has 5 heteroatoms. The van der Waals surface area contributed by atoms with E-state index in [1.165, 1.54) is 36.2 Å². The van der Waals surface area contributed by atoms with E-state index in [4.69, 9.17) is 10.3 Å². The maximum absolute atomic E-state index is 8.68. The molecule has 0 atom stereocenters. The van der Waals surface area contributed by atoms with Crippen LogP contribution < -0.4 is 27.9 Å². The molecule has 0 bridgehead atoms. The van der Waals surface area contributed by atoms with E-state index < -0.39 is 21.1 Å². The van der Waals surface area contributed by atoms with Gasteiger partial charge in [0.25, 0.3) is 0 Å². The maximum Gasteiger partial charge on any atom is 0.503 e. The predicted octanol–water partition coefficient (Wildman–Crippen LogP) is 0.535. The summed E-state index contributed by atoms with van der Waals surface area (Å²) in [6, 6.07) is 0. The second-order valence-electron chi connectivity index (χ2n) is 7.52. The molecule has 1 N–H and O–H groups in total. The van der Waals surface area contributed by atoms with Gasteiger partial charge in [0.2, 0.25) is 0 Å². The molecule has 0 saturated heterocycles. The molecule has 0 amide bonds. The highest BCUT2D eigenvalue weighted by molar-refractivity contribution is 7.59. The van der Waals surface area contributed by atoms with Crippen LogP contribution in [0.3, 0.4) is 0 Å². The van der Waals surface area contributed by atoms with E-state index in [1.54, 1.807) is 77.0 Å². The second kappa shape index (κ2) is 11.6. The Hall–Kier alpha value is 1.04. The molecule has 0 radical (unpaired) electrons. The number of hydrogen-bond donors (Lipinski definition) is 1. The van der Waals surface area contributed by atoms with Crippen LogP contribution in [-0.4, -0.2) is 20.4 Å². The van der Waals surface area contributed by atoms with Gasteiger partial charge >= 0.3 is 21.1 Å². The highest BCUT2D eigenvalue weighted by Gasteiger charge is 2.36. The lowest BCUT2D eigenvalue weighted by atomic mass is 9.99. The quantitative estimate of drug-likeness (QED) is 0.498. The Morgan fingerprint density at radius 3 is 1.00 bits per heavy atom. The molecule has 0 spiro atoms. The van der Waals surface area contributed by atoms with Gasteiger partial charge in [-0.3, -0.25) is 0 Å². The Morgan fingerprint density at radius 1 is 0.565 bits per heavy atom. The van der Waals surface area contributed by atoms with E-state index >= 15 is 0 Å². The summed E-state index contributed by atoms with van der Waals surface area (Å²) >= 11 is -3.76. The van der Waals surface area contributed by atoms with Crippen molar-refractivity contribution < 1.29 is 31.4 Å². The van der Waals surface area contributed by atoms with E-state index in [-0.39, 0.29) is 0 Å². The molecule has 0 aromatic rings. The summed E-state index contributed by atoms with van der Waals surface area (Å²) in [5.41, 5.74) is 3.57. The van der Waals surface area contributed by atoms with Gasteiger partial charge in [-0.15, -0.1) is 0 Å². The van der Waals surface area contributed by atoms with Gasteiger partial charge in [0.05, 0.1) is 0 Å².